The van der Waals surface area contributed by atoms with Crippen molar-refractivity contribution < 1.29 is 19.1 Å². The summed E-state index contributed by atoms with van der Waals surface area (Å²) in [6.45, 7) is 3.49. The van der Waals surface area contributed by atoms with Crippen LogP contribution in [-0.4, -0.2) is 58.7 Å². The lowest BCUT2D eigenvalue weighted by Crippen LogP contribution is -2.23. The number of para-hydroxylation sites is 2. The minimum Gasteiger partial charge on any atom is -0.462 e. The number of rotatable bonds is 8. The van der Waals surface area contributed by atoms with Crippen molar-refractivity contribution in [2.24, 2.45) is 0 Å². The number of carbonyl (C=O) groups is 3. The van der Waals surface area contributed by atoms with Gasteiger partial charge >= 0.3 is 5.97 Å². The van der Waals surface area contributed by atoms with Crippen LogP contribution in [0.2, 0.25) is 0 Å². The number of nitrogens with zero attached hydrogens (tertiary/aromatic N) is 3. The van der Waals surface area contributed by atoms with Crippen molar-refractivity contribution in [1.29, 1.82) is 0 Å². The van der Waals surface area contributed by atoms with Crippen LogP contribution in [0.15, 0.2) is 64.5 Å². The lowest BCUT2D eigenvalue weighted by Gasteiger charge is -2.13. The number of nitrogens with one attached hydrogen (secondary N) is 1. The molecule has 0 aliphatic rings. The molecule has 4 rings (SSSR count). The van der Waals surface area contributed by atoms with Gasteiger partial charge in [-0.15, -0.1) is 11.3 Å². The first-order valence-corrected chi connectivity index (χ1v) is 13.5. The number of fused-ring (bicyclic) bond motifs is 1. The number of hydrogen-bond acceptors (Lipinski definition) is 8. The maximum Gasteiger partial charge on any atom is 0.341 e. The Balaban J connectivity index is 1.65. The van der Waals surface area contributed by atoms with Gasteiger partial charge in [0.1, 0.15) is 5.00 Å². The molecule has 0 spiro atoms. The first kappa shape index (κ1) is 27.1. The predicted octanol–water partition coefficient (Wildman–Crippen LogP) is 4.36. The van der Waals surface area contributed by atoms with Crippen molar-refractivity contribution in [1.82, 2.24) is 14.5 Å². The number of carbonyl (C=O) groups excluding carboxylic acids is 3. The number of aromatic nitrogens is 2. The minimum absolute atomic E-state index is 0.0895. The van der Waals surface area contributed by atoms with Crippen molar-refractivity contribution >= 4 is 56.8 Å². The van der Waals surface area contributed by atoms with Gasteiger partial charge in [-0.05, 0) is 43.7 Å². The molecule has 1 N–H and O–H groups in total. The zero-order valence-electron chi connectivity index (χ0n) is 21.3. The van der Waals surface area contributed by atoms with Gasteiger partial charge < -0.3 is 15.0 Å². The Morgan fingerprint density at radius 1 is 1.08 bits per heavy atom. The average Bonchev–Trinajstić information content (AvgIpc) is 3.22. The quantitative estimate of drug-likeness (QED) is 0.197. The summed E-state index contributed by atoms with van der Waals surface area (Å²) < 4.78 is 6.65. The van der Waals surface area contributed by atoms with Crippen LogP contribution in [0.5, 0.6) is 0 Å². The van der Waals surface area contributed by atoms with E-state index in [2.05, 4.69) is 10.3 Å². The fourth-order valence-corrected chi connectivity index (χ4v) is 5.81. The number of amides is 2. The summed E-state index contributed by atoms with van der Waals surface area (Å²) in [5, 5.41) is 3.82. The molecule has 9 nitrogen and oxygen atoms in total. The van der Waals surface area contributed by atoms with Crippen LogP contribution in [-0.2, 0) is 9.53 Å². The number of thiophene rings is 1. The van der Waals surface area contributed by atoms with Crippen LogP contribution in [0.3, 0.4) is 0 Å². The Labute approximate surface area is 227 Å². The third-order valence-corrected chi connectivity index (χ3v) is 7.71. The molecule has 2 aromatic heterocycles. The first-order valence-electron chi connectivity index (χ1n) is 11.7. The number of hydrogen-bond donors (Lipinski definition) is 1. The number of thioether (sulfide) groups is 1. The van der Waals surface area contributed by atoms with Gasteiger partial charge in [0, 0.05) is 14.1 Å². The van der Waals surface area contributed by atoms with E-state index in [1.165, 1.54) is 9.47 Å². The van der Waals surface area contributed by atoms with Gasteiger partial charge in [0.2, 0.25) is 5.91 Å². The molecule has 2 amide bonds. The Hall–Kier alpha value is -3.96. The highest BCUT2D eigenvalue weighted by Gasteiger charge is 2.27. The van der Waals surface area contributed by atoms with Gasteiger partial charge in [-0.2, -0.15) is 0 Å². The summed E-state index contributed by atoms with van der Waals surface area (Å²) >= 11 is 2.13. The smallest absolute Gasteiger partial charge is 0.341 e. The zero-order chi connectivity index (χ0) is 27.4. The largest absolute Gasteiger partial charge is 0.462 e. The maximum absolute atomic E-state index is 13.3. The molecular weight excluding hydrogens is 524 g/mol. The molecule has 2 aromatic carbocycles. The van der Waals surface area contributed by atoms with Crippen LogP contribution in [0.4, 0.5) is 5.00 Å². The molecule has 0 radical (unpaired) electrons. The monoisotopic (exact) mass is 550 g/mol. The average molecular weight is 551 g/mol. The second kappa shape index (κ2) is 11.6. The highest BCUT2D eigenvalue weighted by Crippen LogP contribution is 2.34. The van der Waals surface area contributed by atoms with Crippen molar-refractivity contribution in [2.45, 2.75) is 19.0 Å². The molecule has 0 unspecified atom stereocenters. The molecule has 0 aliphatic carbocycles. The van der Waals surface area contributed by atoms with Gasteiger partial charge in [-0.1, -0.05) is 42.1 Å². The van der Waals surface area contributed by atoms with E-state index in [1.54, 1.807) is 64.3 Å². The molecule has 196 valence electrons. The molecule has 0 saturated heterocycles. The van der Waals surface area contributed by atoms with Crippen molar-refractivity contribution in [3.05, 3.63) is 81.0 Å². The fourth-order valence-electron chi connectivity index (χ4n) is 3.76. The zero-order valence-corrected chi connectivity index (χ0v) is 22.9. The molecule has 11 heteroatoms. The maximum atomic E-state index is 13.3. The van der Waals surface area contributed by atoms with E-state index in [0.717, 1.165) is 23.1 Å². The van der Waals surface area contributed by atoms with Gasteiger partial charge in [0.15, 0.2) is 5.16 Å². The lowest BCUT2D eigenvalue weighted by atomic mass is 10.1. The Morgan fingerprint density at radius 3 is 2.45 bits per heavy atom. The summed E-state index contributed by atoms with van der Waals surface area (Å²) in [4.78, 5) is 58.1. The van der Waals surface area contributed by atoms with Gasteiger partial charge in [0.05, 0.1) is 39.4 Å². The van der Waals surface area contributed by atoms with Crippen molar-refractivity contribution in [2.75, 3.05) is 31.8 Å². The normalized spacial score (nSPS) is 10.8. The SMILES string of the molecule is CCOC(=O)c1c(NC(=O)CSc2nc3ccccc3c(=O)n2-c2ccccc2)sc(C(=O)N(C)C)c1C. The van der Waals surface area contributed by atoms with E-state index in [-0.39, 0.29) is 34.4 Å². The van der Waals surface area contributed by atoms with Crippen LogP contribution in [0.1, 0.15) is 32.5 Å². The fraction of sp³-hybridized carbons (Fsp3) is 0.222. The predicted molar refractivity (Wildman–Crippen MR) is 150 cm³/mol. The topological polar surface area (TPSA) is 111 Å². The van der Waals surface area contributed by atoms with E-state index >= 15 is 0 Å². The third kappa shape index (κ3) is 5.48. The summed E-state index contributed by atoms with van der Waals surface area (Å²) in [7, 11) is 3.23. The second-order valence-electron chi connectivity index (χ2n) is 8.40. The van der Waals surface area contributed by atoms with E-state index in [0.29, 0.717) is 32.2 Å². The van der Waals surface area contributed by atoms with E-state index < -0.39 is 11.9 Å². The lowest BCUT2D eigenvalue weighted by molar-refractivity contribution is -0.113. The summed E-state index contributed by atoms with van der Waals surface area (Å²) in [5.74, 6) is -1.41. The Morgan fingerprint density at radius 2 is 1.76 bits per heavy atom. The van der Waals surface area contributed by atoms with E-state index in [1.807, 2.05) is 18.2 Å². The molecule has 38 heavy (non-hydrogen) atoms. The first-order chi connectivity index (χ1) is 18.2. The van der Waals surface area contributed by atoms with Crippen molar-refractivity contribution in [3.8, 4) is 5.69 Å². The van der Waals surface area contributed by atoms with Crippen LogP contribution in [0.25, 0.3) is 16.6 Å². The van der Waals surface area contributed by atoms with Gasteiger partial charge in [-0.3, -0.25) is 19.0 Å². The molecule has 0 aliphatic heterocycles. The molecule has 4 aromatic rings. The van der Waals surface area contributed by atoms with Gasteiger partial charge in [0.25, 0.3) is 11.5 Å². The summed E-state index contributed by atoms with van der Waals surface area (Å²) in [6.07, 6.45) is 0. The number of benzene rings is 2. The molecule has 0 saturated carbocycles. The van der Waals surface area contributed by atoms with Gasteiger partial charge in [-0.25, -0.2) is 9.78 Å². The molecule has 0 fully saturated rings. The molecular formula is C27H26N4O5S2. The Kier molecular flexibility index (Phi) is 8.28. The minimum atomic E-state index is -0.615. The highest BCUT2D eigenvalue weighted by atomic mass is 32.2. The third-order valence-electron chi connectivity index (χ3n) is 5.57. The van der Waals surface area contributed by atoms with Crippen molar-refractivity contribution in [3.63, 3.8) is 0 Å². The standard InChI is InChI=1S/C27H26N4O5S2/c1-5-36-26(35)21-16(2)22(25(34)30(3)4)38-23(21)29-20(32)15-37-27-28-19-14-10-9-13-18(19)24(33)31(27)17-11-7-6-8-12-17/h6-14H,5,15H2,1-4H3,(H,29,32). The number of anilines is 1. The molecule has 2 heterocycles. The van der Waals surface area contributed by atoms with Crippen LogP contribution >= 0.6 is 23.1 Å². The van der Waals surface area contributed by atoms with E-state index in [4.69, 9.17) is 4.74 Å². The van der Waals surface area contributed by atoms with Crippen LogP contribution in [0, 0.1) is 6.92 Å². The molecule has 0 atom stereocenters. The Bertz CT molecular complexity index is 1580. The van der Waals surface area contributed by atoms with E-state index in [9.17, 15) is 19.2 Å². The number of ether oxygens (including phenoxy) is 1. The summed E-state index contributed by atoms with van der Waals surface area (Å²) in [5.41, 5.74) is 1.52. The number of esters is 1. The van der Waals surface area contributed by atoms with Crippen LogP contribution < -0.4 is 10.9 Å². The highest BCUT2D eigenvalue weighted by molar-refractivity contribution is 7.99. The molecule has 0 bridgehead atoms. The second-order valence-corrected chi connectivity index (χ2v) is 10.4. The summed E-state index contributed by atoms with van der Waals surface area (Å²) in [6, 6.07) is 16.1.